The van der Waals surface area contributed by atoms with Gasteiger partial charge < -0.3 is 21.7 Å². The predicted octanol–water partition coefficient (Wildman–Crippen LogP) is 3.77. The molecule has 1 aliphatic carbocycles. The van der Waals surface area contributed by atoms with Crippen molar-refractivity contribution in [3.8, 4) is 0 Å². The van der Waals surface area contributed by atoms with Crippen LogP contribution < -0.4 is 21.7 Å². The van der Waals surface area contributed by atoms with Crippen LogP contribution in [0.1, 0.15) is 62.8 Å². The average molecular weight is 395 g/mol. The summed E-state index contributed by atoms with van der Waals surface area (Å²) in [5.41, 5.74) is 10.3. The standard InChI is InChI=1S/C25H38N4/c26-21-8-6-18(7-9-21)19-14-20(16-27-15-19)22-17-29-24-23(22)25(12-13-28-24)10-4-2-1-3-5-11-25/h6-9,14,19,22-24,27-29H,1-5,10-13,15-17,26H2/t19-,22?,23?,24?/m1/s1. The lowest BCUT2D eigenvalue weighted by Gasteiger charge is -2.50. The van der Waals surface area contributed by atoms with Crippen LogP contribution in [0.5, 0.6) is 0 Å². The monoisotopic (exact) mass is 394 g/mol. The van der Waals surface area contributed by atoms with Crippen molar-refractivity contribution < 1.29 is 0 Å². The highest BCUT2D eigenvalue weighted by atomic mass is 15.2. The van der Waals surface area contributed by atoms with Crippen molar-refractivity contribution in [1.29, 1.82) is 0 Å². The molecule has 158 valence electrons. The molecule has 0 amide bonds. The number of fused-ring (bicyclic) bond motifs is 2. The van der Waals surface area contributed by atoms with Crippen molar-refractivity contribution in [3.63, 3.8) is 0 Å². The van der Waals surface area contributed by atoms with Crippen LogP contribution in [0.15, 0.2) is 35.9 Å². The molecule has 0 bridgehead atoms. The summed E-state index contributed by atoms with van der Waals surface area (Å²) < 4.78 is 0. The van der Waals surface area contributed by atoms with Crippen molar-refractivity contribution >= 4 is 5.69 Å². The number of nitrogens with one attached hydrogen (secondary N) is 3. The smallest absolute Gasteiger partial charge is 0.0612 e. The van der Waals surface area contributed by atoms with E-state index in [1.807, 2.05) is 12.1 Å². The van der Waals surface area contributed by atoms with Gasteiger partial charge in [0.15, 0.2) is 0 Å². The summed E-state index contributed by atoms with van der Waals surface area (Å²) in [6.45, 7) is 4.40. The Labute approximate surface area is 176 Å². The molecule has 3 fully saturated rings. The molecule has 1 spiro atoms. The lowest BCUT2D eigenvalue weighted by molar-refractivity contribution is 0.0313. The molecule has 4 heteroatoms. The number of nitrogens with two attached hydrogens (primary N) is 1. The fraction of sp³-hybridized carbons (Fsp3) is 0.680. The van der Waals surface area contributed by atoms with Crippen LogP contribution in [0.25, 0.3) is 0 Å². The topological polar surface area (TPSA) is 62.1 Å². The molecule has 4 nitrogen and oxygen atoms in total. The Hall–Kier alpha value is -1.36. The van der Waals surface area contributed by atoms with E-state index in [0.717, 1.165) is 31.2 Å². The maximum Gasteiger partial charge on any atom is 0.0612 e. The third-order valence-corrected chi connectivity index (χ3v) is 8.34. The van der Waals surface area contributed by atoms with Gasteiger partial charge in [-0.2, -0.15) is 0 Å². The van der Waals surface area contributed by atoms with E-state index in [-0.39, 0.29) is 0 Å². The lowest BCUT2D eigenvalue weighted by atomic mass is 9.59. The average Bonchev–Trinajstić information content (AvgIpc) is 3.17. The molecular formula is C25H38N4. The SMILES string of the molecule is Nc1ccc([C@@H]2C=C(C3CNC4NCCC5(CCCCCCC5)C43)CNC2)cc1. The Morgan fingerprint density at radius 1 is 0.862 bits per heavy atom. The maximum atomic E-state index is 5.91. The molecule has 3 heterocycles. The molecule has 1 saturated carbocycles. The molecule has 29 heavy (non-hydrogen) atoms. The van der Waals surface area contributed by atoms with Crippen molar-refractivity contribution in [1.82, 2.24) is 16.0 Å². The van der Waals surface area contributed by atoms with Gasteiger partial charge in [0.05, 0.1) is 6.17 Å². The van der Waals surface area contributed by atoms with Crippen molar-refractivity contribution in [3.05, 3.63) is 41.5 Å². The number of nitrogen functional groups attached to an aromatic ring is 1. The molecule has 3 unspecified atom stereocenters. The van der Waals surface area contributed by atoms with E-state index >= 15 is 0 Å². The van der Waals surface area contributed by atoms with E-state index < -0.39 is 0 Å². The Kier molecular flexibility index (Phi) is 5.68. The van der Waals surface area contributed by atoms with Gasteiger partial charge in [-0.15, -0.1) is 0 Å². The molecule has 3 aliphatic heterocycles. The quantitative estimate of drug-likeness (QED) is 0.456. The number of hydrogen-bond acceptors (Lipinski definition) is 4. The third kappa shape index (κ3) is 3.87. The predicted molar refractivity (Wildman–Crippen MR) is 121 cm³/mol. The highest BCUT2D eigenvalue weighted by Gasteiger charge is 2.52. The van der Waals surface area contributed by atoms with Gasteiger partial charge >= 0.3 is 0 Å². The molecule has 5 rings (SSSR count). The molecule has 4 atom stereocenters. The highest BCUT2D eigenvalue weighted by molar-refractivity contribution is 5.42. The van der Waals surface area contributed by atoms with E-state index in [1.165, 1.54) is 63.5 Å². The summed E-state index contributed by atoms with van der Waals surface area (Å²) >= 11 is 0. The molecule has 5 N–H and O–H groups in total. The van der Waals surface area contributed by atoms with Gasteiger partial charge in [-0.25, -0.2) is 0 Å². The van der Waals surface area contributed by atoms with E-state index in [9.17, 15) is 0 Å². The van der Waals surface area contributed by atoms with E-state index in [1.54, 1.807) is 5.57 Å². The Morgan fingerprint density at radius 2 is 1.62 bits per heavy atom. The Balaban J connectivity index is 1.42. The van der Waals surface area contributed by atoms with Gasteiger partial charge in [-0.05, 0) is 54.8 Å². The number of piperidine rings is 1. The highest BCUT2D eigenvalue weighted by Crippen LogP contribution is 2.52. The van der Waals surface area contributed by atoms with Crippen molar-refractivity contribution in [2.45, 2.75) is 63.5 Å². The molecule has 0 aromatic heterocycles. The van der Waals surface area contributed by atoms with Crippen LogP contribution in [-0.2, 0) is 0 Å². The fourth-order valence-corrected chi connectivity index (χ4v) is 6.88. The number of anilines is 1. The Bertz CT molecular complexity index is 717. The van der Waals surface area contributed by atoms with Gasteiger partial charge in [0.2, 0.25) is 0 Å². The minimum Gasteiger partial charge on any atom is -0.399 e. The van der Waals surface area contributed by atoms with E-state index in [2.05, 4.69) is 34.2 Å². The summed E-state index contributed by atoms with van der Waals surface area (Å²) in [6, 6.07) is 8.49. The zero-order valence-corrected chi connectivity index (χ0v) is 17.8. The third-order valence-electron chi connectivity index (χ3n) is 8.34. The molecule has 4 aliphatic rings. The first kappa shape index (κ1) is 19.6. The minimum absolute atomic E-state index is 0.461. The van der Waals surface area contributed by atoms with Gasteiger partial charge in [0.1, 0.15) is 0 Å². The first-order valence-corrected chi connectivity index (χ1v) is 12.0. The normalized spacial score (nSPS) is 34.8. The van der Waals surface area contributed by atoms with Crippen LogP contribution in [0.2, 0.25) is 0 Å². The zero-order chi connectivity index (χ0) is 19.7. The lowest BCUT2D eigenvalue weighted by Crippen LogP contribution is -2.55. The molecule has 1 aromatic carbocycles. The molecule has 0 radical (unpaired) electrons. The largest absolute Gasteiger partial charge is 0.399 e. The van der Waals surface area contributed by atoms with Crippen molar-refractivity contribution in [2.24, 2.45) is 17.3 Å². The molecule has 1 aromatic rings. The second kappa shape index (κ2) is 8.41. The molecule has 2 saturated heterocycles. The Morgan fingerprint density at radius 3 is 2.41 bits per heavy atom. The fourth-order valence-electron chi connectivity index (χ4n) is 6.88. The second-order valence-corrected chi connectivity index (χ2v) is 10.00. The van der Waals surface area contributed by atoms with Gasteiger partial charge in [0, 0.05) is 37.2 Å². The summed E-state index contributed by atoms with van der Waals surface area (Å²) in [6.07, 6.45) is 14.5. The van der Waals surface area contributed by atoms with E-state index in [4.69, 9.17) is 5.73 Å². The molecular weight excluding hydrogens is 356 g/mol. The second-order valence-electron chi connectivity index (χ2n) is 10.00. The first-order chi connectivity index (χ1) is 14.3. The summed E-state index contributed by atoms with van der Waals surface area (Å²) in [5, 5.41) is 11.4. The van der Waals surface area contributed by atoms with Crippen LogP contribution in [0.4, 0.5) is 5.69 Å². The number of rotatable bonds is 2. The van der Waals surface area contributed by atoms with Crippen LogP contribution in [-0.4, -0.2) is 32.3 Å². The zero-order valence-electron chi connectivity index (χ0n) is 17.8. The number of benzene rings is 1. The maximum absolute atomic E-state index is 5.91. The van der Waals surface area contributed by atoms with Crippen LogP contribution in [0, 0.1) is 17.3 Å². The van der Waals surface area contributed by atoms with Crippen LogP contribution in [0.3, 0.4) is 0 Å². The summed E-state index contributed by atoms with van der Waals surface area (Å²) in [4.78, 5) is 0. The first-order valence-electron chi connectivity index (χ1n) is 12.0. The minimum atomic E-state index is 0.461. The van der Waals surface area contributed by atoms with Gasteiger partial charge in [-0.3, -0.25) is 0 Å². The van der Waals surface area contributed by atoms with Gasteiger partial charge in [0.25, 0.3) is 0 Å². The summed E-state index contributed by atoms with van der Waals surface area (Å²) in [7, 11) is 0. The number of hydrogen-bond donors (Lipinski definition) is 4. The van der Waals surface area contributed by atoms with E-state index in [0.29, 0.717) is 23.4 Å². The van der Waals surface area contributed by atoms with Crippen molar-refractivity contribution in [2.75, 3.05) is 31.9 Å². The van der Waals surface area contributed by atoms with Crippen LogP contribution >= 0.6 is 0 Å². The summed E-state index contributed by atoms with van der Waals surface area (Å²) in [5.74, 6) is 1.87. The van der Waals surface area contributed by atoms with Gasteiger partial charge in [-0.1, -0.05) is 55.9 Å².